The Balaban J connectivity index is 1.80. The Labute approximate surface area is 150 Å². The van der Waals surface area contributed by atoms with Crippen LogP contribution in [0.3, 0.4) is 0 Å². The van der Waals surface area contributed by atoms with Crippen LogP contribution in [-0.2, 0) is 4.79 Å². The van der Waals surface area contributed by atoms with Gasteiger partial charge in [-0.25, -0.2) is 5.01 Å². The minimum atomic E-state index is -0.149. The number of thioether (sulfide) groups is 1. The van der Waals surface area contributed by atoms with Gasteiger partial charge in [0.2, 0.25) is 0 Å². The number of aryl methyl sites for hydroxylation is 1. The minimum absolute atomic E-state index is 0.149. The van der Waals surface area contributed by atoms with Gasteiger partial charge in [0, 0.05) is 0 Å². The second kappa shape index (κ2) is 7.07. The van der Waals surface area contributed by atoms with Gasteiger partial charge in [-0.15, -0.1) is 0 Å². The molecule has 3 rings (SSSR count). The standard InChI is InChI=1S/C18H16N2O2S2/c1-12-5-3-4-6-15(12)19-20-17(21)16(24-18(20)23)11-13-7-9-14(22-2)10-8-13/h3-11,19H,1-2H3. The number of carbonyl (C=O) groups is 1. The van der Waals surface area contributed by atoms with E-state index in [-0.39, 0.29) is 5.91 Å². The molecular weight excluding hydrogens is 340 g/mol. The fourth-order valence-corrected chi connectivity index (χ4v) is 3.41. The van der Waals surface area contributed by atoms with Gasteiger partial charge in [0.05, 0.1) is 17.7 Å². The summed E-state index contributed by atoms with van der Waals surface area (Å²) in [6.45, 7) is 1.98. The molecule has 0 atom stereocenters. The summed E-state index contributed by atoms with van der Waals surface area (Å²) in [7, 11) is 1.62. The van der Waals surface area contributed by atoms with Crippen LogP contribution in [0, 0.1) is 6.92 Å². The predicted octanol–water partition coefficient (Wildman–Crippen LogP) is 4.23. The summed E-state index contributed by atoms with van der Waals surface area (Å²) in [5.74, 6) is 0.630. The first-order valence-electron chi connectivity index (χ1n) is 7.33. The summed E-state index contributed by atoms with van der Waals surface area (Å²) in [5.41, 5.74) is 5.93. The number of carbonyl (C=O) groups excluding carboxylic acids is 1. The Bertz CT molecular complexity index is 816. The van der Waals surface area contributed by atoms with E-state index >= 15 is 0 Å². The average molecular weight is 356 g/mol. The van der Waals surface area contributed by atoms with Crippen molar-refractivity contribution in [3.63, 3.8) is 0 Å². The first-order valence-corrected chi connectivity index (χ1v) is 8.55. The van der Waals surface area contributed by atoms with Crippen LogP contribution in [0.5, 0.6) is 5.75 Å². The third kappa shape index (κ3) is 3.44. The van der Waals surface area contributed by atoms with Gasteiger partial charge in [0.15, 0.2) is 4.32 Å². The van der Waals surface area contributed by atoms with Gasteiger partial charge >= 0.3 is 0 Å². The maximum Gasteiger partial charge on any atom is 0.285 e. The second-order valence-electron chi connectivity index (χ2n) is 5.22. The van der Waals surface area contributed by atoms with E-state index in [9.17, 15) is 4.79 Å². The van der Waals surface area contributed by atoms with Crippen molar-refractivity contribution < 1.29 is 9.53 Å². The van der Waals surface area contributed by atoms with E-state index < -0.39 is 0 Å². The molecule has 0 radical (unpaired) electrons. The smallest absolute Gasteiger partial charge is 0.285 e. The van der Waals surface area contributed by atoms with Crippen LogP contribution in [0.1, 0.15) is 11.1 Å². The number of benzene rings is 2. The molecule has 6 heteroatoms. The van der Waals surface area contributed by atoms with E-state index in [2.05, 4.69) is 5.43 Å². The lowest BCUT2D eigenvalue weighted by Gasteiger charge is -2.18. The maximum absolute atomic E-state index is 12.6. The quantitative estimate of drug-likeness (QED) is 0.656. The number of nitrogens with zero attached hydrogens (tertiary/aromatic N) is 1. The van der Waals surface area contributed by atoms with Crippen molar-refractivity contribution in [2.45, 2.75) is 6.92 Å². The summed E-state index contributed by atoms with van der Waals surface area (Å²) >= 11 is 6.62. The molecule has 0 bridgehead atoms. The third-order valence-corrected chi connectivity index (χ3v) is 4.89. The van der Waals surface area contributed by atoms with Crippen molar-refractivity contribution >= 4 is 46.0 Å². The van der Waals surface area contributed by atoms with Crippen molar-refractivity contribution in [3.8, 4) is 5.75 Å². The first-order chi connectivity index (χ1) is 11.6. The fourth-order valence-electron chi connectivity index (χ4n) is 2.23. The minimum Gasteiger partial charge on any atom is -0.497 e. The molecule has 1 fully saturated rings. The fraction of sp³-hybridized carbons (Fsp3) is 0.111. The number of methoxy groups -OCH3 is 1. The Hall–Kier alpha value is -2.31. The summed E-state index contributed by atoms with van der Waals surface area (Å²) in [6, 6.07) is 15.3. The summed E-state index contributed by atoms with van der Waals surface area (Å²) in [5, 5.41) is 1.41. The maximum atomic E-state index is 12.6. The van der Waals surface area contributed by atoms with E-state index in [1.165, 1.54) is 16.8 Å². The first kappa shape index (κ1) is 16.5. The molecule has 1 N–H and O–H groups in total. The molecule has 0 aliphatic carbocycles. The molecule has 1 heterocycles. The number of hydrogen-bond donors (Lipinski definition) is 1. The second-order valence-corrected chi connectivity index (χ2v) is 6.89. The molecule has 0 saturated carbocycles. The molecule has 2 aromatic carbocycles. The zero-order valence-electron chi connectivity index (χ0n) is 13.3. The SMILES string of the molecule is COc1ccc(C=C2SC(=S)N(Nc3ccccc3C)C2=O)cc1. The van der Waals surface area contributed by atoms with Crippen LogP contribution in [0.15, 0.2) is 53.4 Å². The Morgan fingerprint density at radius 1 is 1.17 bits per heavy atom. The van der Waals surface area contributed by atoms with Crippen LogP contribution < -0.4 is 10.2 Å². The van der Waals surface area contributed by atoms with E-state index in [1.54, 1.807) is 7.11 Å². The molecule has 24 heavy (non-hydrogen) atoms. The van der Waals surface area contributed by atoms with Crippen molar-refractivity contribution in [1.82, 2.24) is 5.01 Å². The van der Waals surface area contributed by atoms with Gasteiger partial charge in [0.25, 0.3) is 5.91 Å². The van der Waals surface area contributed by atoms with Gasteiger partial charge in [-0.3, -0.25) is 10.2 Å². The molecule has 4 nitrogen and oxygen atoms in total. The number of amides is 1. The lowest BCUT2D eigenvalue weighted by molar-refractivity contribution is -0.121. The van der Waals surface area contributed by atoms with Crippen molar-refractivity contribution in [2.75, 3.05) is 12.5 Å². The van der Waals surface area contributed by atoms with Crippen LogP contribution in [0.2, 0.25) is 0 Å². The molecule has 0 aromatic heterocycles. The number of para-hydroxylation sites is 1. The van der Waals surface area contributed by atoms with Crippen LogP contribution in [0.25, 0.3) is 6.08 Å². The number of hydrazine groups is 1. The molecule has 1 aliphatic rings. The number of rotatable bonds is 4. The van der Waals surface area contributed by atoms with Gasteiger partial charge in [0.1, 0.15) is 5.75 Å². The summed E-state index contributed by atoms with van der Waals surface area (Å²) in [4.78, 5) is 13.2. The van der Waals surface area contributed by atoms with Crippen LogP contribution >= 0.6 is 24.0 Å². The number of ether oxygens (including phenoxy) is 1. The molecular formula is C18H16N2O2S2. The molecule has 122 valence electrons. The summed E-state index contributed by atoms with van der Waals surface area (Å²) < 4.78 is 5.63. The average Bonchev–Trinajstić information content (AvgIpc) is 2.85. The van der Waals surface area contributed by atoms with E-state index in [0.717, 1.165) is 22.6 Å². The normalized spacial score (nSPS) is 15.9. The zero-order chi connectivity index (χ0) is 17.1. The highest BCUT2D eigenvalue weighted by molar-refractivity contribution is 8.26. The number of hydrogen-bond acceptors (Lipinski definition) is 5. The van der Waals surface area contributed by atoms with Crippen molar-refractivity contribution in [3.05, 3.63) is 64.6 Å². The monoisotopic (exact) mass is 356 g/mol. The van der Waals surface area contributed by atoms with E-state index in [0.29, 0.717) is 9.23 Å². The van der Waals surface area contributed by atoms with Crippen LogP contribution in [-0.4, -0.2) is 22.3 Å². The highest BCUT2D eigenvalue weighted by atomic mass is 32.2. The molecule has 1 aliphatic heterocycles. The Kier molecular flexibility index (Phi) is 4.87. The van der Waals surface area contributed by atoms with Gasteiger partial charge in [-0.05, 0) is 54.5 Å². The number of nitrogens with one attached hydrogen (secondary N) is 1. The number of thiocarbonyl (C=S) groups is 1. The molecule has 0 spiro atoms. The largest absolute Gasteiger partial charge is 0.497 e. The van der Waals surface area contributed by atoms with Crippen LogP contribution in [0.4, 0.5) is 5.69 Å². The lowest BCUT2D eigenvalue weighted by atomic mass is 10.2. The highest BCUT2D eigenvalue weighted by Crippen LogP contribution is 2.33. The molecule has 1 saturated heterocycles. The zero-order valence-corrected chi connectivity index (χ0v) is 14.9. The molecule has 1 amide bonds. The molecule has 0 unspecified atom stereocenters. The third-order valence-electron chi connectivity index (χ3n) is 3.58. The van der Waals surface area contributed by atoms with Gasteiger partial charge in [-0.2, -0.15) is 0 Å². The Morgan fingerprint density at radius 3 is 2.54 bits per heavy atom. The number of anilines is 1. The molecule has 2 aromatic rings. The topological polar surface area (TPSA) is 41.6 Å². The van der Waals surface area contributed by atoms with Crippen molar-refractivity contribution in [1.29, 1.82) is 0 Å². The van der Waals surface area contributed by atoms with Gasteiger partial charge < -0.3 is 4.74 Å². The summed E-state index contributed by atoms with van der Waals surface area (Å²) in [6.07, 6.45) is 1.83. The van der Waals surface area contributed by atoms with E-state index in [4.69, 9.17) is 17.0 Å². The van der Waals surface area contributed by atoms with Gasteiger partial charge in [-0.1, -0.05) is 42.1 Å². The van der Waals surface area contributed by atoms with E-state index in [1.807, 2.05) is 61.5 Å². The predicted molar refractivity (Wildman–Crippen MR) is 103 cm³/mol. The Morgan fingerprint density at radius 2 is 1.88 bits per heavy atom. The highest BCUT2D eigenvalue weighted by Gasteiger charge is 2.32. The van der Waals surface area contributed by atoms with Crippen molar-refractivity contribution in [2.24, 2.45) is 0 Å². The lowest BCUT2D eigenvalue weighted by Crippen LogP contribution is -2.34.